The molecule has 1 aliphatic rings. The van der Waals surface area contributed by atoms with Crippen molar-refractivity contribution >= 4 is 17.2 Å². The van der Waals surface area contributed by atoms with E-state index in [1.807, 2.05) is 40.6 Å². The molecule has 1 fully saturated rings. The Labute approximate surface area is 179 Å². The lowest BCUT2D eigenvalue weighted by Crippen LogP contribution is -2.32. The first kappa shape index (κ1) is 20.4. The van der Waals surface area contributed by atoms with E-state index in [1.165, 1.54) is 36.3 Å². The van der Waals surface area contributed by atoms with Gasteiger partial charge in [-0.1, -0.05) is 24.3 Å². The first-order valence-electron chi connectivity index (χ1n) is 9.99. The van der Waals surface area contributed by atoms with Crippen molar-refractivity contribution in [3.63, 3.8) is 0 Å². The molecule has 3 aromatic rings. The SMILES string of the molecule is COc1cc(CN(CC2CC2)C(=O)c2cccs2)ccc1OCc1ccc(F)cc1. The molecule has 0 atom stereocenters. The number of benzene rings is 2. The monoisotopic (exact) mass is 425 g/mol. The van der Waals surface area contributed by atoms with Gasteiger partial charge in [0.15, 0.2) is 11.5 Å². The van der Waals surface area contributed by atoms with Gasteiger partial charge in [-0.3, -0.25) is 4.79 Å². The van der Waals surface area contributed by atoms with Crippen molar-refractivity contribution in [2.24, 2.45) is 5.92 Å². The zero-order chi connectivity index (χ0) is 20.9. The van der Waals surface area contributed by atoms with E-state index in [0.717, 1.165) is 22.5 Å². The van der Waals surface area contributed by atoms with E-state index in [9.17, 15) is 9.18 Å². The molecule has 6 heteroatoms. The number of carbonyl (C=O) groups excluding carboxylic acids is 1. The van der Waals surface area contributed by atoms with Gasteiger partial charge < -0.3 is 14.4 Å². The fraction of sp³-hybridized carbons (Fsp3) is 0.292. The molecule has 0 radical (unpaired) electrons. The Hall–Kier alpha value is -2.86. The number of halogens is 1. The summed E-state index contributed by atoms with van der Waals surface area (Å²) in [5.74, 6) is 1.64. The number of methoxy groups -OCH3 is 1. The van der Waals surface area contributed by atoms with E-state index in [4.69, 9.17) is 9.47 Å². The molecule has 1 aliphatic carbocycles. The average molecular weight is 426 g/mol. The molecule has 0 spiro atoms. The van der Waals surface area contributed by atoms with Gasteiger partial charge in [0, 0.05) is 13.1 Å². The summed E-state index contributed by atoms with van der Waals surface area (Å²) in [6.45, 7) is 1.63. The van der Waals surface area contributed by atoms with Crippen LogP contribution in [0.5, 0.6) is 11.5 Å². The molecule has 0 bridgehead atoms. The second-order valence-corrected chi connectivity index (χ2v) is 8.45. The first-order chi connectivity index (χ1) is 14.6. The largest absolute Gasteiger partial charge is 0.493 e. The number of hydrogen-bond acceptors (Lipinski definition) is 4. The van der Waals surface area contributed by atoms with Gasteiger partial charge in [-0.15, -0.1) is 11.3 Å². The molecule has 0 N–H and O–H groups in total. The van der Waals surface area contributed by atoms with E-state index >= 15 is 0 Å². The zero-order valence-corrected chi connectivity index (χ0v) is 17.7. The van der Waals surface area contributed by atoms with E-state index in [0.29, 0.717) is 30.6 Å². The predicted molar refractivity (Wildman–Crippen MR) is 116 cm³/mol. The fourth-order valence-corrected chi connectivity index (χ4v) is 3.97. The Morgan fingerprint density at radius 1 is 1.10 bits per heavy atom. The van der Waals surface area contributed by atoms with Gasteiger partial charge in [0.25, 0.3) is 5.91 Å². The third-order valence-corrected chi connectivity index (χ3v) is 5.96. The molecule has 1 heterocycles. The maximum absolute atomic E-state index is 13.1. The highest BCUT2D eigenvalue weighted by Crippen LogP contribution is 2.33. The third-order valence-electron chi connectivity index (χ3n) is 5.10. The number of amides is 1. The van der Waals surface area contributed by atoms with E-state index in [2.05, 4.69) is 0 Å². The molecule has 0 saturated heterocycles. The van der Waals surface area contributed by atoms with Crippen LogP contribution >= 0.6 is 11.3 Å². The van der Waals surface area contributed by atoms with Gasteiger partial charge in [-0.25, -0.2) is 4.39 Å². The summed E-state index contributed by atoms with van der Waals surface area (Å²) in [6, 6.07) is 15.7. The van der Waals surface area contributed by atoms with Gasteiger partial charge in [0.1, 0.15) is 12.4 Å². The molecule has 30 heavy (non-hydrogen) atoms. The minimum atomic E-state index is -0.270. The quantitative estimate of drug-likeness (QED) is 0.453. The van der Waals surface area contributed by atoms with Crippen molar-refractivity contribution in [1.29, 1.82) is 0 Å². The maximum atomic E-state index is 13.1. The van der Waals surface area contributed by atoms with Crippen LogP contribution in [0.25, 0.3) is 0 Å². The van der Waals surface area contributed by atoms with Gasteiger partial charge in [0.2, 0.25) is 0 Å². The number of ether oxygens (including phenoxy) is 2. The lowest BCUT2D eigenvalue weighted by atomic mass is 10.1. The van der Waals surface area contributed by atoms with Crippen LogP contribution in [0.4, 0.5) is 4.39 Å². The van der Waals surface area contributed by atoms with E-state index < -0.39 is 0 Å². The topological polar surface area (TPSA) is 38.8 Å². The number of nitrogens with zero attached hydrogens (tertiary/aromatic N) is 1. The molecule has 1 amide bonds. The minimum absolute atomic E-state index is 0.0764. The Kier molecular flexibility index (Phi) is 6.33. The van der Waals surface area contributed by atoms with Crippen LogP contribution in [0, 0.1) is 11.7 Å². The standard InChI is InChI=1S/C24H24FNO3S/c1-28-22-13-19(8-11-21(22)29-16-18-6-9-20(25)10-7-18)15-26(14-17-4-5-17)24(27)23-3-2-12-30-23/h2-3,6-13,17H,4-5,14-16H2,1H3. The summed E-state index contributed by atoms with van der Waals surface area (Å²) in [7, 11) is 1.60. The van der Waals surface area contributed by atoms with Crippen molar-refractivity contribution < 1.29 is 18.7 Å². The number of thiophene rings is 1. The molecular weight excluding hydrogens is 401 g/mol. The highest BCUT2D eigenvalue weighted by Gasteiger charge is 2.28. The molecule has 0 unspecified atom stereocenters. The van der Waals surface area contributed by atoms with Crippen molar-refractivity contribution in [2.75, 3.05) is 13.7 Å². The molecule has 4 rings (SSSR count). The molecule has 0 aliphatic heterocycles. The van der Waals surface area contributed by atoms with Crippen LogP contribution in [-0.4, -0.2) is 24.5 Å². The summed E-state index contributed by atoms with van der Waals surface area (Å²) in [5, 5.41) is 1.93. The van der Waals surface area contributed by atoms with Crippen LogP contribution in [0.2, 0.25) is 0 Å². The van der Waals surface area contributed by atoms with Gasteiger partial charge in [0.05, 0.1) is 12.0 Å². The minimum Gasteiger partial charge on any atom is -0.493 e. The first-order valence-corrected chi connectivity index (χ1v) is 10.9. The van der Waals surface area contributed by atoms with Gasteiger partial charge >= 0.3 is 0 Å². The Balaban J connectivity index is 1.46. The molecular formula is C24H24FNO3S. The third kappa shape index (κ3) is 5.19. The van der Waals surface area contributed by atoms with Crippen LogP contribution in [0.3, 0.4) is 0 Å². The Morgan fingerprint density at radius 2 is 1.87 bits per heavy atom. The highest BCUT2D eigenvalue weighted by molar-refractivity contribution is 7.12. The lowest BCUT2D eigenvalue weighted by molar-refractivity contribution is 0.0739. The van der Waals surface area contributed by atoms with Crippen molar-refractivity contribution in [2.45, 2.75) is 26.0 Å². The van der Waals surface area contributed by atoms with E-state index in [-0.39, 0.29) is 11.7 Å². The van der Waals surface area contributed by atoms with Crippen LogP contribution < -0.4 is 9.47 Å². The summed E-state index contributed by atoms with van der Waals surface area (Å²) < 4.78 is 24.4. The summed E-state index contributed by atoms with van der Waals surface area (Å²) in [6.07, 6.45) is 2.38. The highest BCUT2D eigenvalue weighted by atomic mass is 32.1. The normalized spacial score (nSPS) is 13.1. The van der Waals surface area contributed by atoms with Gasteiger partial charge in [-0.05, 0) is 65.6 Å². The second-order valence-electron chi connectivity index (χ2n) is 7.51. The van der Waals surface area contributed by atoms with Gasteiger partial charge in [-0.2, -0.15) is 0 Å². The second kappa shape index (κ2) is 9.30. The molecule has 1 aromatic heterocycles. The van der Waals surface area contributed by atoms with Crippen LogP contribution in [0.1, 0.15) is 33.6 Å². The number of hydrogen-bond donors (Lipinski definition) is 0. The average Bonchev–Trinajstić information content (AvgIpc) is 3.41. The van der Waals surface area contributed by atoms with Crippen molar-refractivity contribution in [3.05, 3.63) is 81.8 Å². The Bertz CT molecular complexity index is 984. The van der Waals surface area contributed by atoms with Crippen molar-refractivity contribution in [3.8, 4) is 11.5 Å². The number of rotatable bonds is 9. The molecule has 4 nitrogen and oxygen atoms in total. The molecule has 156 valence electrons. The van der Waals surface area contributed by atoms with Crippen LogP contribution in [0.15, 0.2) is 60.0 Å². The van der Waals surface area contributed by atoms with Crippen molar-refractivity contribution in [1.82, 2.24) is 4.90 Å². The summed E-state index contributed by atoms with van der Waals surface area (Å²) >= 11 is 1.47. The lowest BCUT2D eigenvalue weighted by Gasteiger charge is -2.23. The smallest absolute Gasteiger partial charge is 0.264 e. The van der Waals surface area contributed by atoms with Crippen LogP contribution in [-0.2, 0) is 13.2 Å². The van der Waals surface area contributed by atoms with E-state index in [1.54, 1.807) is 19.2 Å². The summed E-state index contributed by atoms with van der Waals surface area (Å²) in [4.78, 5) is 15.6. The number of carbonyl (C=O) groups is 1. The summed E-state index contributed by atoms with van der Waals surface area (Å²) in [5.41, 5.74) is 1.87. The molecule has 2 aromatic carbocycles. The maximum Gasteiger partial charge on any atom is 0.264 e. The predicted octanol–water partition coefficient (Wildman–Crippen LogP) is 5.53. The fourth-order valence-electron chi connectivity index (χ4n) is 3.28. The zero-order valence-electron chi connectivity index (χ0n) is 16.8. The Morgan fingerprint density at radius 3 is 2.53 bits per heavy atom. The molecule has 1 saturated carbocycles.